The lowest BCUT2D eigenvalue weighted by Gasteiger charge is -2.08. The molecule has 1 aliphatic rings. The number of amides is 1. The van der Waals surface area contributed by atoms with Gasteiger partial charge in [0.15, 0.2) is 5.16 Å². The number of nitrogens with one attached hydrogen (secondary N) is 1. The van der Waals surface area contributed by atoms with E-state index in [9.17, 15) is 4.79 Å². The summed E-state index contributed by atoms with van der Waals surface area (Å²) in [4.78, 5) is 12.0. The minimum atomic E-state index is 0.0200. The highest BCUT2D eigenvalue weighted by molar-refractivity contribution is 7.98. The number of hydrogen-bond acceptors (Lipinski definition) is 5. The highest BCUT2D eigenvalue weighted by atomic mass is 32.2. The predicted octanol–water partition coefficient (Wildman–Crippen LogP) is 2.42. The number of thioether (sulfide) groups is 1. The quantitative estimate of drug-likeness (QED) is 0.744. The number of nitrogens with zero attached hydrogens (tertiary/aromatic N) is 3. The topological polar surface area (TPSA) is 69.0 Å². The van der Waals surface area contributed by atoms with Crippen LogP contribution in [0.4, 0.5) is 0 Å². The normalized spacial score (nSPS) is 13.9. The Kier molecular flexibility index (Phi) is 5.52. The number of rotatable bonds is 8. The summed E-state index contributed by atoms with van der Waals surface area (Å²) in [6.07, 6.45) is 2.20. The van der Waals surface area contributed by atoms with Gasteiger partial charge >= 0.3 is 0 Å². The summed E-state index contributed by atoms with van der Waals surface area (Å²) in [5.41, 5.74) is 1.87. The van der Waals surface area contributed by atoms with Crippen LogP contribution in [0, 0.1) is 6.92 Å². The molecule has 1 N–H and O–H groups in total. The second-order valence-electron chi connectivity index (χ2n) is 5.91. The van der Waals surface area contributed by atoms with Crippen molar-refractivity contribution >= 4 is 17.7 Å². The highest BCUT2D eigenvalue weighted by Crippen LogP contribution is 2.23. The summed E-state index contributed by atoms with van der Waals surface area (Å²) in [6.45, 7) is 3.33. The van der Waals surface area contributed by atoms with Crippen LogP contribution in [0.5, 0.6) is 0 Å². The molecule has 0 saturated heterocycles. The Bertz CT molecular complexity index is 695. The van der Waals surface area contributed by atoms with Crippen molar-refractivity contribution in [3.05, 3.63) is 41.2 Å². The number of ether oxygens (including phenoxy) is 1. The molecule has 6 nitrogen and oxygen atoms in total. The van der Waals surface area contributed by atoms with Crippen molar-refractivity contribution in [3.63, 3.8) is 0 Å². The first-order valence-electron chi connectivity index (χ1n) is 8.08. The second kappa shape index (κ2) is 7.81. The van der Waals surface area contributed by atoms with Gasteiger partial charge in [0.1, 0.15) is 5.82 Å². The van der Waals surface area contributed by atoms with Crippen LogP contribution in [0.15, 0.2) is 29.4 Å². The average Bonchev–Trinajstić information content (AvgIpc) is 3.34. The van der Waals surface area contributed by atoms with E-state index in [1.54, 1.807) is 18.9 Å². The SMILES string of the molecule is COCCn1c(C)nnc1SCc1ccc(C(=O)NC2CC2)cc1. The van der Waals surface area contributed by atoms with Crippen LogP contribution in [0.3, 0.4) is 0 Å². The molecule has 0 radical (unpaired) electrons. The third-order valence-corrected chi connectivity index (χ3v) is 4.96. The number of aromatic nitrogens is 3. The molecule has 1 aliphatic carbocycles. The average molecular weight is 346 g/mol. The van der Waals surface area contributed by atoms with Gasteiger partial charge in [0.2, 0.25) is 0 Å². The first-order chi connectivity index (χ1) is 11.7. The molecule has 3 rings (SSSR count). The van der Waals surface area contributed by atoms with Gasteiger partial charge in [0, 0.05) is 31.0 Å². The number of carbonyl (C=O) groups is 1. The van der Waals surface area contributed by atoms with Crippen LogP contribution in [0.2, 0.25) is 0 Å². The Labute approximate surface area is 146 Å². The molecule has 0 atom stereocenters. The number of aryl methyl sites for hydroxylation is 1. The lowest BCUT2D eigenvalue weighted by atomic mass is 10.1. The zero-order valence-corrected chi connectivity index (χ0v) is 14.8. The molecule has 1 aromatic heterocycles. The minimum Gasteiger partial charge on any atom is -0.383 e. The molecule has 1 aromatic carbocycles. The van der Waals surface area contributed by atoms with Gasteiger partial charge in [-0.3, -0.25) is 4.79 Å². The summed E-state index contributed by atoms with van der Waals surface area (Å²) in [7, 11) is 1.69. The van der Waals surface area contributed by atoms with Crippen LogP contribution in [-0.2, 0) is 17.0 Å². The molecule has 0 bridgehead atoms. The summed E-state index contributed by atoms with van der Waals surface area (Å²) in [6, 6.07) is 8.15. The van der Waals surface area contributed by atoms with Crippen molar-refractivity contribution in [2.24, 2.45) is 0 Å². The number of benzene rings is 1. The zero-order chi connectivity index (χ0) is 16.9. The van der Waals surface area contributed by atoms with Crippen LogP contribution in [0.25, 0.3) is 0 Å². The zero-order valence-electron chi connectivity index (χ0n) is 14.0. The van der Waals surface area contributed by atoms with E-state index in [4.69, 9.17) is 4.74 Å². The summed E-state index contributed by atoms with van der Waals surface area (Å²) < 4.78 is 7.19. The smallest absolute Gasteiger partial charge is 0.251 e. The Morgan fingerprint density at radius 3 is 2.75 bits per heavy atom. The van der Waals surface area contributed by atoms with E-state index in [1.807, 2.05) is 31.2 Å². The van der Waals surface area contributed by atoms with Crippen molar-refractivity contribution in [3.8, 4) is 0 Å². The van der Waals surface area contributed by atoms with Gasteiger partial charge in [-0.25, -0.2) is 0 Å². The first kappa shape index (κ1) is 17.0. The summed E-state index contributed by atoms with van der Waals surface area (Å²) >= 11 is 1.64. The van der Waals surface area contributed by atoms with Gasteiger partial charge in [-0.2, -0.15) is 0 Å². The molecule has 1 heterocycles. The highest BCUT2D eigenvalue weighted by Gasteiger charge is 2.23. The van der Waals surface area contributed by atoms with E-state index in [0.717, 1.165) is 47.2 Å². The van der Waals surface area contributed by atoms with Gasteiger partial charge in [-0.1, -0.05) is 23.9 Å². The Hall–Kier alpha value is -1.86. The third-order valence-electron chi connectivity index (χ3n) is 3.92. The van der Waals surface area contributed by atoms with Crippen LogP contribution in [0.1, 0.15) is 34.6 Å². The Morgan fingerprint density at radius 1 is 1.33 bits per heavy atom. The summed E-state index contributed by atoms with van der Waals surface area (Å²) in [5, 5.41) is 12.3. The van der Waals surface area contributed by atoms with Crippen LogP contribution in [-0.4, -0.2) is 40.4 Å². The molecule has 0 unspecified atom stereocenters. The van der Waals surface area contributed by atoms with Crippen LogP contribution < -0.4 is 5.32 Å². The molecule has 7 heteroatoms. The molecule has 1 saturated carbocycles. The molecule has 2 aromatic rings. The van der Waals surface area contributed by atoms with Crippen molar-refractivity contribution in [2.75, 3.05) is 13.7 Å². The largest absolute Gasteiger partial charge is 0.383 e. The first-order valence-corrected chi connectivity index (χ1v) is 9.07. The minimum absolute atomic E-state index is 0.0200. The van der Waals surface area contributed by atoms with Crippen molar-refractivity contribution in [1.82, 2.24) is 20.1 Å². The lowest BCUT2D eigenvalue weighted by molar-refractivity contribution is 0.0951. The van der Waals surface area contributed by atoms with Gasteiger partial charge in [0.25, 0.3) is 5.91 Å². The fourth-order valence-corrected chi connectivity index (χ4v) is 3.27. The standard InChI is InChI=1S/C17H22N4O2S/c1-12-19-20-17(21(12)9-10-23-2)24-11-13-3-5-14(6-4-13)16(22)18-15-7-8-15/h3-6,15H,7-11H2,1-2H3,(H,18,22). The summed E-state index contributed by atoms with van der Waals surface area (Å²) in [5.74, 6) is 1.70. The molecular weight excluding hydrogens is 324 g/mol. The van der Waals surface area contributed by atoms with Crippen molar-refractivity contribution in [1.29, 1.82) is 0 Å². The third kappa shape index (κ3) is 4.36. The maximum absolute atomic E-state index is 12.0. The molecule has 24 heavy (non-hydrogen) atoms. The Morgan fingerprint density at radius 2 is 2.08 bits per heavy atom. The predicted molar refractivity (Wildman–Crippen MR) is 93.1 cm³/mol. The van der Waals surface area contributed by atoms with Gasteiger partial charge in [0.05, 0.1) is 6.61 Å². The van der Waals surface area contributed by atoms with Crippen LogP contribution >= 0.6 is 11.8 Å². The van der Waals surface area contributed by atoms with E-state index in [0.29, 0.717) is 12.6 Å². The molecule has 1 amide bonds. The van der Waals surface area contributed by atoms with E-state index < -0.39 is 0 Å². The van der Waals surface area contributed by atoms with Gasteiger partial charge < -0.3 is 14.6 Å². The van der Waals surface area contributed by atoms with E-state index >= 15 is 0 Å². The second-order valence-corrected chi connectivity index (χ2v) is 6.85. The van der Waals surface area contributed by atoms with E-state index in [-0.39, 0.29) is 5.91 Å². The maximum Gasteiger partial charge on any atom is 0.251 e. The Balaban J connectivity index is 1.57. The number of methoxy groups -OCH3 is 1. The van der Waals surface area contributed by atoms with Gasteiger partial charge in [-0.15, -0.1) is 10.2 Å². The monoisotopic (exact) mass is 346 g/mol. The lowest BCUT2D eigenvalue weighted by Crippen LogP contribution is -2.25. The molecule has 0 spiro atoms. The molecule has 1 fully saturated rings. The maximum atomic E-state index is 12.0. The van der Waals surface area contributed by atoms with Gasteiger partial charge in [-0.05, 0) is 37.5 Å². The fraction of sp³-hybridized carbons (Fsp3) is 0.471. The number of hydrogen-bond donors (Lipinski definition) is 1. The number of carbonyl (C=O) groups excluding carboxylic acids is 1. The molecule has 0 aliphatic heterocycles. The van der Waals surface area contributed by atoms with Crippen molar-refractivity contribution < 1.29 is 9.53 Å². The molecular formula is C17H22N4O2S. The fourth-order valence-electron chi connectivity index (χ4n) is 2.30. The van der Waals surface area contributed by atoms with E-state index in [2.05, 4.69) is 20.1 Å². The molecule has 128 valence electrons. The van der Waals surface area contributed by atoms with E-state index in [1.165, 1.54) is 0 Å². The van der Waals surface area contributed by atoms with Crippen molar-refractivity contribution in [2.45, 2.75) is 43.3 Å².